The Labute approximate surface area is 236 Å². The van der Waals surface area contributed by atoms with Crippen molar-refractivity contribution in [3.05, 3.63) is 89.2 Å². The van der Waals surface area contributed by atoms with Crippen LogP contribution in [0.4, 0.5) is 15.8 Å². The van der Waals surface area contributed by atoms with E-state index in [0.29, 0.717) is 23.9 Å². The van der Waals surface area contributed by atoms with E-state index in [2.05, 4.69) is 39.9 Å². The number of Topliss-reactive ketones (excluding diaryl/α,β-unsaturated/α-hetero) is 1. The summed E-state index contributed by atoms with van der Waals surface area (Å²) in [6.07, 6.45) is 2.56. The number of likely N-dealkylation sites (tertiary alicyclic amines) is 1. The fourth-order valence-corrected chi connectivity index (χ4v) is 6.61. The first kappa shape index (κ1) is 28.3. The lowest BCUT2D eigenvalue weighted by Gasteiger charge is -2.41. The minimum absolute atomic E-state index is 0.0666. The van der Waals surface area contributed by atoms with Crippen LogP contribution in [0.25, 0.3) is 0 Å². The molecule has 2 atom stereocenters. The van der Waals surface area contributed by atoms with Gasteiger partial charge in [0.25, 0.3) is 10.1 Å². The number of para-hydroxylation sites is 1. The molecule has 0 radical (unpaired) electrons. The lowest BCUT2D eigenvalue weighted by atomic mass is 9.89. The SMILES string of the molecule is CN1CCN2c3c(cccc31)C1CN(CCCC(=O)c3ccc(F)cc3)CCC12.Cc1ccc(S(=O)(=O)O)cc1. The maximum atomic E-state index is 13.0. The number of hydrogen-bond donors (Lipinski definition) is 1. The van der Waals surface area contributed by atoms with Crippen molar-refractivity contribution in [2.24, 2.45) is 0 Å². The van der Waals surface area contributed by atoms with Gasteiger partial charge in [-0.05, 0) is 74.3 Å². The van der Waals surface area contributed by atoms with Crippen molar-refractivity contribution < 1.29 is 22.2 Å². The molecule has 0 aromatic heterocycles. The van der Waals surface area contributed by atoms with Crippen molar-refractivity contribution in [2.75, 3.05) is 49.6 Å². The van der Waals surface area contributed by atoms with E-state index in [1.807, 2.05) is 6.92 Å². The number of benzene rings is 3. The van der Waals surface area contributed by atoms with Gasteiger partial charge in [-0.25, -0.2) is 4.39 Å². The van der Waals surface area contributed by atoms with Crippen LogP contribution in [0.5, 0.6) is 0 Å². The van der Waals surface area contributed by atoms with Crippen molar-refractivity contribution in [3.63, 3.8) is 0 Å². The lowest BCUT2D eigenvalue weighted by Crippen LogP contribution is -2.49. The van der Waals surface area contributed by atoms with Gasteiger partial charge in [-0.2, -0.15) is 8.42 Å². The summed E-state index contributed by atoms with van der Waals surface area (Å²) in [7, 11) is -1.83. The predicted molar refractivity (Wildman–Crippen MR) is 156 cm³/mol. The van der Waals surface area contributed by atoms with Gasteiger partial charge in [0.15, 0.2) is 5.78 Å². The van der Waals surface area contributed by atoms with Crippen LogP contribution in [0.3, 0.4) is 0 Å². The van der Waals surface area contributed by atoms with Gasteiger partial charge in [-0.1, -0.05) is 29.8 Å². The van der Waals surface area contributed by atoms with E-state index in [-0.39, 0.29) is 16.5 Å². The number of nitrogens with zero attached hydrogens (tertiary/aromatic N) is 3. The molecule has 6 rings (SSSR count). The van der Waals surface area contributed by atoms with Crippen molar-refractivity contribution in [1.29, 1.82) is 0 Å². The summed E-state index contributed by atoms with van der Waals surface area (Å²) in [6.45, 7) is 7.18. The third-order valence-electron chi connectivity index (χ3n) is 8.24. The van der Waals surface area contributed by atoms with Crippen molar-refractivity contribution in [2.45, 2.75) is 43.0 Å². The highest BCUT2D eigenvalue weighted by Crippen LogP contribution is 2.50. The minimum Gasteiger partial charge on any atom is -0.371 e. The van der Waals surface area contributed by atoms with E-state index in [4.69, 9.17) is 4.55 Å². The number of carbonyl (C=O) groups is 1. The highest BCUT2D eigenvalue weighted by Gasteiger charge is 2.44. The second-order valence-corrected chi connectivity index (χ2v) is 12.3. The topological polar surface area (TPSA) is 81.2 Å². The van der Waals surface area contributed by atoms with Gasteiger partial charge in [-0.15, -0.1) is 0 Å². The van der Waals surface area contributed by atoms with Crippen LogP contribution in [0, 0.1) is 12.7 Å². The number of halogens is 1. The molecule has 9 heteroatoms. The quantitative estimate of drug-likeness (QED) is 0.327. The molecule has 212 valence electrons. The maximum absolute atomic E-state index is 13.0. The zero-order chi connectivity index (χ0) is 28.4. The number of rotatable bonds is 6. The highest BCUT2D eigenvalue weighted by atomic mass is 32.2. The zero-order valence-corrected chi connectivity index (χ0v) is 23.8. The first-order valence-corrected chi connectivity index (χ1v) is 15.2. The Morgan fingerprint density at radius 2 is 1.73 bits per heavy atom. The van der Waals surface area contributed by atoms with Gasteiger partial charge in [0, 0.05) is 57.2 Å². The van der Waals surface area contributed by atoms with Gasteiger partial charge in [0.2, 0.25) is 0 Å². The monoisotopic (exact) mass is 565 g/mol. The van der Waals surface area contributed by atoms with Crippen LogP contribution in [0.2, 0.25) is 0 Å². The van der Waals surface area contributed by atoms with Gasteiger partial charge < -0.3 is 14.7 Å². The number of hydrogen-bond acceptors (Lipinski definition) is 6. The lowest BCUT2D eigenvalue weighted by molar-refractivity contribution is 0.0971. The van der Waals surface area contributed by atoms with Gasteiger partial charge in [-0.3, -0.25) is 9.35 Å². The Bertz CT molecular complexity index is 1460. The van der Waals surface area contributed by atoms with Crippen LogP contribution in [-0.2, 0) is 10.1 Å². The van der Waals surface area contributed by atoms with Gasteiger partial charge in [0.05, 0.1) is 16.3 Å². The van der Waals surface area contributed by atoms with Crippen molar-refractivity contribution in [1.82, 2.24) is 4.90 Å². The standard InChI is InChI=1S/C24H28FN3O.C7H8O3S/c1-26-14-15-28-21-11-13-27(16-20(21)19-4-2-5-22(26)24(19)28)12-3-6-23(29)17-7-9-18(25)10-8-17;1-6-2-4-7(5-3-6)11(8,9)10/h2,4-5,7-10,20-21H,3,6,11-16H2,1H3;2-5H,1H3,(H,8,9,10). The molecule has 3 aromatic carbocycles. The molecule has 2 unspecified atom stereocenters. The average molecular weight is 566 g/mol. The molecule has 1 saturated heterocycles. The molecular formula is C31H36FN3O4S. The molecule has 0 bridgehead atoms. The summed E-state index contributed by atoms with van der Waals surface area (Å²) in [4.78, 5) is 19.8. The van der Waals surface area contributed by atoms with Crippen LogP contribution >= 0.6 is 0 Å². The third-order valence-corrected chi connectivity index (χ3v) is 9.11. The second kappa shape index (κ2) is 11.7. The highest BCUT2D eigenvalue weighted by molar-refractivity contribution is 7.85. The number of fused-ring (bicyclic) bond motifs is 3. The summed E-state index contributed by atoms with van der Waals surface area (Å²) in [5.74, 6) is 0.377. The largest absolute Gasteiger partial charge is 0.371 e. The Morgan fingerprint density at radius 1 is 1.00 bits per heavy atom. The van der Waals surface area contributed by atoms with Crippen LogP contribution in [0.15, 0.2) is 71.6 Å². The summed E-state index contributed by atoms with van der Waals surface area (Å²) >= 11 is 0. The molecule has 7 nitrogen and oxygen atoms in total. The number of likely N-dealkylation sites (N-methyl/N-ethyl adjacent to an activating group) is 1. The molecule has 3 aliphatic rings. The minimum atomic E-state index is -4.02. The molecule has 3 aromatic rings. The van der Waals surface area contributed by atoms with E-state index in [9.17, 15) is 17.6 Å². The van der Waals surface area contributed by atoms with E-state index < -0.39 is 10.1 Å². The molecule has 0 spiro atoms. The first-order chi connectivity index (χ1) is 19.1. The number of anilines is 2. The molecule has 3 aliphatic heterocycles. The molecule has 0 saturated carbocycles. The number of carbonyl (C=O) groups excluding carboxylic acids is 1. The Balaban J connectivity index is 0.000000248. The van der Waals surface area contributed by atoms with Crippen molar-refractivity contribution >= 4 is 27.3 Å². The molecular weight excluding hydrogens is 529 g/mol. The normalized spacial score (nSPS) is 19.9. The maximum Gasteiger partial charge on any atom is 0.294 e. The van der Waals surface area contributed by atoms with E-state index in [0.717, 1.165) is 44.7 Å². The Kier molecular flexibility index (Phi) is 8.26. The number of piperidine rings is 1. The van der Waals surface area contributed by atoms with Gasteiger partial charge in [0.1, 0.15) is 5.82 Å². The summed E-state index contributed by atoms with van der Waals surface area (Å²) in [5.41, 5.74) is 5.91. The first-order valence-electron chi connectivity index (χ1n) is 13.8. The van der Waals surface area contributed by atoms with Crippen LogP contribution in [-0.4, -0.2) is 69.5 Å². The molecule has 1 fully saturated rings. The molecule has 1 N–H and O–H groups in total. The smallest absolute Gasteiger partial charge is 0.294 e. The Morgan fingerprint density at radius 3 is 2.42 bits per heavy atom. The van der Waals surface area contributed by atoms with Crippen LogP contribution < -0.4 is 9.80 Å². The van der Waals surface area contributed by atoms with Crippen LogP contribution in [0.1, 0.15) is 46.7 Å². The molecule has 0 aliphatic carbocycles. The summed E-state index contributed by atoms with van der Waals surface area (Å²) in [5, 5.41) is 0. The second-order valence-electron chi connectivity index (χ2n) is 10.9. The fraction of sp³-hybridized carbons (Fsp3) is 0.387. The van der Waals surface area contributed by atoms with Gasteiger partial charge >= 0.3 is 0 Å². The summed E-state index contributed by atoms with van der Waals surface area (Å²) in [6, 6.07) is 19.3. The zero-order valence-electron chi connectivity index (χ0n) is 23.0. The molecule has 40 heavy (non-hydrogen) atoms. The van der Waals surface area contributed by atoms with E-state index in [1.165, 1.54) is 47.6 Å². The number of ketones is 1. The summed E-state index contributed by atoms with van der Waals surface area (Å²) < 4.78 is 42.6. The Hall–Kier alpha value is -3.27. The molecule has 3 heterocycles. The number of aryl methyl sites for hydroxylation is 1. The van der Waals surface area contributed by atoms with Crippen molar-refractivity contribution in [3.8, 4) is 0 Å². The van der Waals surface area contributed by atoms with E-state index in [1.54, 1.807) is 24.3 Å². The third kappa shape index (κ3) is 6.06. The fourth-order valence-electron chi connectivity index (χ4n) is 6.13. The predicted octanol–water partition coefficient (Wildman–Crippen LogP) is 5.16. The van der Waals surface area contributed by atoms with E-state index >= 15 is 0 Å². The molecule has 0 amide bonds. The average Bonchev–Trinajstić information content (AvgIpc) is 3.25.